The standard InChI is InChI=1S/C11H22N2O2/c1-3-7-12-10(11(14)15)6-8-13(2)9-4-5-9/h9-10,12H,3-8H2,1-2H3,(H,14,15). The van der Waals surface area contributed by atoms with Crippen LogP contribution in [0.4, 0.5) is 0 Å². The van der Waals surface area contributed by atoms with Crippen LogP contribution in [-0.2, 0) is 4.79 Å². The second kappa shape index (κ2) is 6.08. The summed E-state index contributed by atoms with van der Waals surface area (Å²) in [4.78, 5) is 13.2. The summed E-state index contributed by atoms with van der Waals surface area (Å²) < 4.78 is 0. The molecule has 1 rings (SSSR count). The number of carboxylic acids is 1. The second-order valence-electron chi connectivity index (χ2n) is 4.35. The van der Waals surface area contributed by atoms with Gasteiger partial charge in [0.25, 0.3) is 0 Å². The highest BCUT2D eigenvalue weighted by Gasteiger charge is 2.27. The molecule has 0 aliphatic heterocycles. The van der Waals surface area contributed by atoms with E-state index in [1.54, 1.807) is 0 Å². The van der Waals surface area contributed by atoms with Crippen molar-refractivity contribution in [2.24, 2.45) is 0 Å². The minimum absolute atomic E-state index is 0.383. The molecule has 0 spiro atoms. The summed E-state index contributed by atoms with van der Waals surface area (Å²) in [5, 5.41) is 12.0. The SMILES string of the molecule is CCCNC(CCN(C)C1CC1)C(=O)O. The molecule has 2 N–H and O–H groups in total. The minimum Gasteiger partial charge on any atom is -0.480 e. The molecule has 0 saturated heterocycles. The molecule has 1 aliphatic carbocycles. The summed E-state index contributed by atoms with van der Waals surface area (Å²) in [6.07, 6.45) is 4.22. The number of nitrogens with one attached hydrogen (secondary N) is 1. The third-order valence-electron chi connectivity index (χ3n) is 2.88. The Hall–Kier alpha value is -0.610. The number of carbonyl (C=O) groups is 1. The van der Waals surface area contributed by atoms with Crippen LogP contribution in [0.2, 0.25) is 0 Å². The van der Waals surface area contributed by atoms with Gasteiger partial charge in [-0.15, -0.1) is 0 Å². The highest BCUT2D eigenvalue weighted by atomic mass is 16.4. The topological polar surface area (TPSA) is 52.6 Å². The molecule has 88 valence electrons. The molecule has 1 atom stereocenters. The summed E-state index contributed by atoms with van der Waals surface area (Å²) in [5.74, 6) is -0.729. The van der Waals surface area contributed by atoms with Crippen LogP contribution in [0.5, 0.6) is 0 Å². The van der Waals surface area contributed by atoms with E-state index in [4.69, 9.17) is 5.11 Å². The van der Waals surface area contributed by atoms with Crippen molar-refractivity contribution in [2.45, 2.75) is 44.7 Å². The molecule has 1 saturated carbocycles. The fourth-order valence-electron chi connectivity index (χ4n) is 1.66. The lowest BCUT2D eigenvalue weighted by Gasteiger charge is -2.19. The lowest BCUT2D eigenvalue weighted by molar-refractivity contribution is -0.139. The van der Waals surface area contributed by atoms with Gasteiger partial charge in [-0.2, -0.15) is 0 Å². The Kier molecular flexibility index (Phi) is 5.05. The average Bonchev–Trinajstić information content (AvgIpc) is 3.00. The highest BCUT2D eigenvalue weighted by Crippen LogP contribution is 2.25. The van der Waals surface area contributed by atoms with Crippen molar-refractivity contribution in [2.75, 3.05) is 20.1 Å². The minimum atomic E-state index is -0.729. The second-order valence-corrected chi connectivity index (χ2v) is 4.35. The predicted molar refractivity (Wildman–Crippen MR) is 60.0 cm³/mol. The molecule has 0 aromatic carbocycles. The third-order valence-corrected chi connectivity index (χ3v) is 2.88. The first-order valence-electron chi connectivity index (χ1n) is 5.81. The number of rotatable bonds is 8. The third kappa shape index (κ3) is 4.62. The number of nitrogens with zero attached hydrogens (tertiary/aromatic N) is 1. The van der Waals surface area contributed by atoms with Crippen LogP contribution < -0.4 is 5.32 Å². The van der Waals surface area contributed by atoms with Gasteiger partial charge in [-0.25, -0.2) is 0 Å². The van der Waals surface area contributed by atoms with E-state index in [-0.39, 0.29) is 6.04 Å². The predicted octanol–water partition coefficient (Wildman–Crippen LogP) is 0.923. The summed E-state index contributed by atoms with van der Waals surface area (Å²) in [7, 11) is 2.08. The van der Waals surface area contributed by atoms with E-state index in [0.717, 1.165) is 19.5 Å². The summed E-state index contributed by atoms with van der Waals surface area (Å²) >= 11 is 0. The van der Waals surface area contributed by atoms with E-state index in [9.17, 15) is 4.79 Å². The molecule has 0 aromatic heterocycles. The zero-order chi connectivity index (χ0) is 11.3. The smallest absolute Gasteiger partial charge is 0.320 e. The van der Waals surface area contributed by atoms with Gasteiger partial charge >= 0.3 is 5.97 Å². The van der Waals surface area contributed by atoms with E-state index >= 15 is 0 Å². The van der Waals surface area contributed by atoms with Crippen molar-refractivity contribution in [3.05, 3.63) is 0 Å². The molecular formula is C11H22N2O2. The summed E-state index contributed by atoms with van der Waals surface area (Å²) in [6, 6.07) is 0.330. The van der Waals surface area contributed by atoms with Crippen LogP contribution in [0, 0.1) is 0 Å². The summed E-state index contributed by atoms with van der Waals surface area (Å²) in [5.41, 5.74) is 0. The van der Waals surface area contributed by atoms with Gasteiger partial charge in [0.05, 0.1) is 0 Å². The van der Waals surface area contributed by atoms with Gasteiger partial charge in [0.2, 0.25) is 0 Å². The van der Waals surface area contributed by atoms with Gasteiger partial charge in [-0.3, -0.25) is 4.79 Å². The van der Waals surface area contributed by atoms with Crippen molar-refractivity contribution in [3.8, 4) is 0 Å². The van der Waals surface area contributed by atoms with Gasteiger partial charge < -0.3 is 15.3 Å². The zero-order valence-corrected chi connectivity index (χ0v) is 9.70. The van der Waals surface area contributed by atoms with E-state index in [0.29, 0.717) is 12.5 Å². The van der Waals surface area contributed by atoms with Gasteiger partial charge in [0.15, 0.2) is 0 Å². The fraction of sp³-hybridized carbons (Fsp3) is 0.909. The van der Waals surface area contributed by atoms with E-state index in [1.165, 1.54) is 12.8 Å². The Morgan fingerprint density at radius 3 is 2.73 bits per heavy atom. The molecule has 0 heterocycles. The molecule has 1 fully saturated rings. The normalized spacial score (nSPS) is 18.1. The van der Waals surface area contributed by atoms with Crippen LogP contribution in [0.15, 0.2) is 0 Å². The van der Waals surface area contributed by atoms with Gasteiger partial charge in [0, 0.05) is 12.6 Å². The van der Waals surface area contributed by atoms with Crippen molar-refractivity contribution in [3.63, 3.8) is 0 Å². The Morgan fingerprint density at radius 1 is 1.60 bits per heavy atom. The number of carboxylic acid groups (broad SMARTS) is 1. The molecule has 0 aromatic rings. The first kappa shape index (κ1) is 12.5. The van der Waals surface area contributed by atoms with E-state index in [1.807, 2.05) is 6.92 Å². The van der Waals surface area contributed by atoms with Crippen molar-refractivity contribution < 1.29 is 9.90 Å². The van der Waals surface area contributed by atoms with Crippen molar-refractivity contribution in [1.29, 1.82) is 0 Å². The fourth-order valence-corrected chi connectivity index (χ4v) is 1.66. The van der Waals surface area contributed by atoms with Crippen LogP contribution in [-0.4, -0.2) is 48.2 Å². The van der Waals surface area contributed by atoms with Crippen LogP contribution in [0.3, 0.4) is 0 Å². The lowest BCUT2D eigenvalue weighted by atomic mass is 10.2. The molecule has 0 bridgehead atoms. The van der Waals surface area contributed by atoms with Crippen LogP contribution in [0.25, 0.3) is 0 Å². The molecule has 4 nitrogen and oxygen atoms in total. The maximum atomic E-state index is 10.9. The summed E-state index contributed by atoms with van der Waals surface area (Å²) in [6.45, 7) is 3.70. The van der Waals surface area contributed by atoms with Crippen LogP contribution in [0.1, 0.15) is 32.6 Å². The lowest BCUT2D eigenvalue weighted by Crippen LogP contribution is -2.40. The van der Waals surface area contributed by atoms with Gasteiger partial charge in [-0.05, 0) is 39.3 Å². The molecule has 1 unspecified atom stereocenters. The monoisotopic (exact) mass is 214 g/mol. The maximum absolute atomic E-state index is 10.9. The average molecular weight is 214 g/mol. The van der Waals surface area contributed by atoms with E-state index in [2.05, 4.69) is 17.3 Å². The molecule has 0 amide bonds. The zero-order valence-electron chi connectivity index (χ0n) is 9.70. The Bertz CT molecular complexity index is 205. The van der Waals surface area contributed by atoms with Crippen molar-refractivity contribution in [1.82, 2.24) is 10.2 Å². The first-order chi connectivity index (χ1) is 7.15. The number of hydrogen-bond acceptors (Lipinski definition) is 3. The molecular weight excluding hydrogens is 192 g/mol. The van der Waals surface area contributed by atoms with E-state index < -0.39 is 5.97 Å². The number of hydrogen-bond donors (Lipinski definition) is 2. The quantitative estimate of drug-likeness (QED) is 0.631. The Balaban J connectivity index is 2.20. The molecule has 15 heavy (non-hydrogen) atoms. The number of aliphatic carboxylic acids is 1. The van der Waals surface area contributed by atoms with Crippen LogP contribution >= 0.6 is 0 Å². The van der Waals surface area contributed by atoms with Crippen molar-refractivity contribution >= 4 is 5.97 Å². The molecule has 1 aliphatic rings. The van der Waals surface area contributed by atoms with Gasteiger partial charge in [-0.1, -0.05) is 6.92 Å². The maximum Gasteiger partial charge on any atom is 0.320 e. The largest absolute Gasteiger partial charge is 0.480 e. The van der Waals surface area contributed by atoms with Gasteiger partial charge in [0.1, 0.15) is 6.04 Å². The Morgan fingerprint density at radius 2 is 2.27 bits per heavy atom. The Labute approximate surface area is 91.6 Å². The molecule has 4 heteroatoms. The molecule has 0 radical (unpaired) electrons. The first-order valence-corrected chi connectivity index (χ1v) is 5.81. The highest BCUT2D eigenvalue weighted by molar-refractivity contribution is 5.73.